The number of benzene rings is 1. The van der Waals surface area contributed by atoms with Gasteiger partial charge in [0.25, 0.3) is 0 Å². The molecule has 0 aliphatic carbocycles. The molecule has 0 saturated carbocycles. The lowest BCUT2D eigenvalue weighted by Gasteiger charge is -2.32. The van der Waals surface area contributed by atoms with Crippen LogP contribution in [0.4, 0.5) is 13.2 Å². The third kappa shape index (κ3) is 6.65. The Kier molecular flexibility index (Phi) is 8.28. The van der Waals surface area contributed by atoms with E-state index < -0.39 is 50.2 Å². The number of alkyl halides is 2. The molecule has 1 aromatic carbocycles. The van der Waals surface area contributed by atoms with Gasteiger partial charge in [-0.25, -0.2) is 40.3 Å². The Morgan fingerprint density at radius 2 is 2.00 bits per heavy atom. The minimum absolute atomic E-state index is 0.0608. The summed E-state index contributed by atoms with van der Waals surface area (Å²) in [7, 11) is -7.51. The highest BCUT2D eigenvalue weighted by molar-refractivity contribution is 7.90. The largest absolute Gasteiger partial charge is 0.333 e. The maximum atomic E-state index is 14.0. The van der Waals surface area contributed by atoms with Gasteiger partial charge in [-0.1, -0.05) is 17.7 Å². The first-order chi connectivity index (χ1) is 19.3. The summed E-state index contributed by atoms with van der Waals surface area (Å²) in [6.07, 6.45) is 3.74. The fourth-order valence-electron chi connectivity index (χ4n) is 4.71. The molecule has 11 nitrogen and oxygen atoms in total. The minimum atomic E-state index is -3.93. The monoisotopic (exact) mass is 649 g/mol. The summed E-state index contributed by atoms with van der Waals surface area (Å²) in [5.74, 6) is -0.669. The number of hydrogen-bond acceptors (Lipinski definition) is 9. The van der Waals surface area contributed by atoms with Crippen molar-refractivity contribution < 1.29 is 30.0 Å². The Bertz CT molecular complexity index is 1730. The van der Waals surface area contributed by atoms with Crippen molar-refractivity contribution in [2.75, 3.05) is 25.1 Å². The molecule has 2 aliphatic rings. The van der Waals surface area contributed by atoms with E-state index in [9.17, 15) is 30.0 Å². The predicted octanol–water partition coefficient (Wildman–Crippen LogP) is 2.98. The fraction of sp³-hybridized carbons (Fsp3) is 0.348. The zero-order valence-electron chi connectivity index (χ0n) is 21.2. The van der Waals surface area contributed by atoms with Crippen LogP contribution in [0.2, 0.25) is 5.02 Å². The van der Waals surface area contributed by atoms with Crippen molar-refractivity contribution in [1.29, 1.82) is 0 Å². The molecule has 2 atom stereocenters. The lowest BCUT2D eigenvalue weighted by Crippen LogP contribution is -2.42. The predicted molar refractivity (Wildman–Crippen MR) is 148 cm³/mol. The molecule has 2 aliphatic heterocycles. The van der Waals surface area contributed by atoms with Crippen LogP contribution in [-0.4, -0.2) is 73.5 Å². The van der Waals surface area contributed by atoms with E-state index in [1.807, 2.05) is 0 Å². The van der Waals surface area contributed by atoms with E-state index in [1.54, 1.807) is 16.5 Å². The van der Waals surface area contributed by atoms with Crippen LogP contribution >= 0.6 is 22.9 Å². The fourth-order valence-corrected chi connectivity index (χ4v) is 7.37. The lowest BCUT2D eigenvalue weighted by molar-refractivity contribution is 0.0564. The number of nitrogens with one attached hydrogen (secondary N) is 2. The van der Waals surface area contributed by atoms with Gasteiger partial charge in [0.05, 0.1) is 17.7 Å². The summed E-state index contributed by atoms with van der Waals surface area (Å²) in [4.78, 5) is 11.0. The number of amidine groups is 1. The summed E-state index contributed by atoms with van der Waals surface area (Å²) in [6.45, 7) is -3.10. The number of sulfonamides is 2. The molecule has 220 valence electrons. The molecule has 0 bridgehead atoms. The molecule has 3 aromatic rings. The molecule has 0 radical (unpaired) electrons. The van der Waals surface area contributed by atoms with Gasteiger partial charge >= 0.3 is 6.55 Å². The lowest BCUT2D eigenvalue weighted by atomic mass is 9.92. The topological polar surface area (TPSA) is 139 Å². The Balaban J connectivity index is 1.58. The smallest absolute Gasteiger partial charge is 0.326 e. The second-order valence-electron chi connectivity index (χ2n) is 9.29. The zero-order valence-corrected chi connectivity index (χ0v) is 24.4. The molecule has 18 heteroatoms. The third-order valence-electron chi connectivity index (χ3n) is 6.31. The van der Waals surface area contributed by atoms with Crippen LogP contribution in [0.3, 0.4) is 0 Å². The standard InChI is InChI=1S/C23H23ClF3N7O4S3/c1-40(35,36)29-6-9-41(37,38)32-14-11-18-19(17-4-7-34(31-17)23(26)27)20(15-3-2-13(25)10-16(15)24)30-21(33(18)12-14)22-28-5-8-39-22/h2-5,7-8,10,14,20,23,29,32H,6,9,11-12H2,1H3/t14-,20-/m0/s1. The summed E-state index contributed by atoms with van der Waals surface area (Å²) in [6, 6.07) is 3.60. The van der Waals surface area contributed by atoms with Gasteiger partial charge in [-0.2, -0.15) is 13.9 Å². The molecule has 4 heterocycles. The first-order valence-electron chi connectivity index (χ1n) is 12.0. The van der Waals surface area contributed by atoms with Crippen LogP contribution in [0.25, 0.3) is 5.57 Å². The number of halogens is 4. The summed E-state index contributed by atoms with van der Waals surface area (Å²) >= 11 is 7.73. The average Bonchev–Trinajstić information content (AvgIpc) is 3.63. The summed E-state index contributed by atoms with van der Waals surface area (Å²) in [5.41, 5.74) is 1.51. The van der Waals surface area contributed by atoms with Crippen molar-refractivity contribution in [2.24, 2.45) is 4.99 Å². The minimum Gasteiger partial charge on any atom is -0.326 e. The van der Waals surface area contributed by atoms with Crippen molar-refractivity contribution in [2.45, 2.75) is 25.1 Å². The molecule has 2 N–H and O–H groups in total. The maximum Gasteiger partial charge on any atom is 0.333 e. The van der Waals surface area contributed by atoms with Crippen LogP contribution in [0.5, 0.6) is 0 Å². The molecule has 2 aromatic heterocycles. The Morgan fingerprint density at radius 1 is 1.22 bits per heavy atom. The molecule has 0 unspecified atom stereocenters. The number of hydrogen-bond donors (Lipinski definition) is 2. The van der Waals surface area contributed by atoms with E-state index in [2.05, 4.69) is 19.5 Å². The van der Waals surface area contributed by atoms with Crippen molar-refractivity contribution in [3.05, 3.63) is 74.8 Å². The molecule has 1 fully saturated rings. The number of aliphatic imine (C=N–C) groups is 1. The van der Waals surface area contributed by atoms with Crippen LogP contribution in [-0.2, 0) is 20.0 Å². The van der Waals surface area contributed by atoms with E-state index in [0.29, 0.717) is 32.4 Å². The van der Waals surface area contributed by atoms with Crippen molar-refractivity contribution >= 4 is 54.4 Å². The Hall–Kier alpha value is -2.83. The second kappa shape index (κ2) is 11.4. The number of nitrogens with zero attached hydrogens (tertiary/aromatic N) is 5. The van der Waals surface area contributed by atoms with E-state index >= 15 is 0 Å². The summed E-state index contributed by atoms with van der Waals surface area (Å²) in [5, 5.41) is 6.37. The molecule has 5 rings (SSSR count). The van der Waals surface area contributed by atoms with Crippen LogP contribution in [0, 0.1) is 5.82 Å². The van der Waals surface area contributed by atoms with Crippen molar-refractivity contribution in [1.82, 2.24) is 29.1 Å². The maximum absolute atomic E-state index is 14.0. The number of aromatic nitrogens is 3. The Morgan fingerprint density at radius 3 is 2.63 bits per heavy atom. The van der Waals surface area contributed by atoms with E-state index in [1.165, 1.54) is 29.5 Å². The quantitative estimate of drug-likeness (QED) is 0.344. The average molecular weight is 650 g/mol. The SMILES string of the molecule is CS(=O)(=O)NCCS(=O)(=O)N[C@H]1CC2=C(c3ccn(C(F)F)n3)[C@H](c3ccc(F)cc3Cl)N=C(c3nccs3)N2C1. The molecular weight excluding hydrogens is 627 g/mol. The van der Waals surface area contributed by atoms with Crippen LogP contribution < -0.4 is 9.44 Å². The van der Waals surface area contributed by atoms with Crippen molar-refractivity contribution in [3.63, 3.8) is 0 Å². The van der Waals surface area contributed by atoms with Gasteiger partial charge in [-0.3, -0.25) is 4.99 Å². The van der Waals surface area contributed by atoms with E-state index in [4.69, 9.17) is 16.6 Å². The molecule has 0 amide bonds. The zero-order chi connectivity index (χ0) is 29.5. The molecule has 1 saturated heterocycles. The number of thiazole rings is 1. The van der Waals surface area contributed by atoms with Gasteiger partial charge in [-0.15, -0.1) is 11.3 Å². The molecule has 41 heavy (non-hydrogen) atoms. The van der Waals surface area contributed by atoms with E-state index in [-0.39, 0.29) is 30.2 Å². The highest BCUT2D eigenvalue weighted by atomic mass is 35.5. The molecular formula is C23H23ClF3N7O4S3. The van der Waals surface area contributed by atoms with E-state index in [0.717, 1.165) is 18.5 Å². The second-order valence-corrected chi connectivity index (χ2v) is 14.3. The van der Waals surface area contributed by atoms with Gasteiger partial charge < -0.3 is 4.90 Å². The van der Waals surface area contributed by atoms with Crippen LogP contribution in [0.1, 0.15) is 35.3 Å². The summed E-state index contributed by atoms with van der Waals surface area (Å²) < 4.78 is 94.4. The number of rotatable bonds is 10. The number of fused-ring (bicyclic) bond motifs is 1. The van der Waals surface area contributed by atoms with Gasteiger partial charge in [0.2, 0.25) is 20.0 Å². The van der Waals surface area contributed by atoms with Crippen LogP contribution in [0.15, 0.2) is 52.7 Å². The van der Waals surface area contributed by atoms with Gasteiger partial charge in [0.15, 0.2) is 10.8 Å². The normalized spacial score (nSPS) is 19.7. The van der Waals surface area contributed by atoms with Gasteiger partial charge in [-0.05, 0) is 18.2 Å². The van der Waals surface area contributed by atoms with Gasteiger partial charge in [0.1, 0.15) is 11.9 Å². The first kappa shape index (κ1) is 29.7. The first-order valence-corrected chi connectivity index (χ1v) is 16.8. The highest BCUT2D eigenvalue weighted by Gasteiger charge is 2.42. The third-order valence-corrected chi connectivity index (χ3v) is 9.57. The highest BCUT2D eigenvalue weighted by Crippen LogP contribution is 2.46. The molecule has 0 spiro atoms. The van der Waals surface area contributed by atoms with Gasteiger partial charge in [0, 0.05) is 65.2 Å². The Labute approximate surface area is 242 Å². The van der Waals surface area contributed by atoms with Crippen molar-refractivity contribution in [3.8, 4) is 0 Å².